The third-order valence-electron chi connectivity index (χ3n) is 4.15. The van der Waals surface area contributed by atoms with Crippen molar-refractivity contribution in [3.05, 3.63) is 59.8 Å². The third kappa shape index (κ3) is 1.92. The molecule has 2 aromatic carbocycles. The first-order valence-electron chi connectivity index (χ1n) is 6.68. The molecule has 0 aliphatic heterocycles. The average Bonchev–Trinajstić information content (AvgIpc) is 2.94. The second-order valence-electron chi connectivity index (χ2n) is 5.63. The van der Waals surface area contributed by atoms with Crippen LogP contribution in [-0.4, -0.2) is 13.2 Å². The zero-order valence-corrected chi connectivity index (χ0v) is 12.4. The maximum atomic E-state index is 10.6. The molecule has 0 fully saturated rings. The van der Waals surface area contributed by atoms with Gasteiger partial charge in [-0.3, -0.25) is 0 Å². The van der Waals surface area contributed by atoms with Crippen LogP contribution in [0.25, 0.3) is 10.8 Å². The van der Waals surface area contributed by atoms with Gasteiger partial charge in [0.1, 0.15) is 13.8 Å². The van der Waals surface area contributed by atoms with Crippen LogP contribution < -0.4 is 5.19 Å². The number of phenolic OH excluding ortho intramolecular Hbond substituents is 1. The van der Waals surface area contributed by atoms with Gasteiger partial charge in [0.25, 0.3) is 0 Å². The first-order valence-corrected chi connectivity index (χ1v) is 9.68. The zero-order chi connectivity index (χ0) is 13.5. The number of fused-ring (bicyclic) bond motifs is 1. The lowest BCUT2D eigenvalue weighted by Crippen LogP contribution is -2.43. The van der Waals surface area contributed by atoms with Crippen LogP contribution >= 0.6 is 0 Å². The minimum absolute atomic E-state index is 0.475. The first-order chi connectivity index (χ1) is 9.10. The summed E-state index contributed by atoms with van der Waals surface area (Å²) in [6.45, 7) is 4.63. The van der Waals surface area contributed by atoms with Gasteiger partial charge >= 0.3 is 0 Å². The minimum Gasteiger partial charge on any atom is -0.507 e. The van der Waals surface area contributed by atoms with Gasteiger partial charge in [0, 0.05) is 5.39 Å². The second-order valence-corrected chi connectivity index (χ2v) is 10.1. The van der Waals surface area contributed by atoms with Gasteiger partial charge in [-0.25, -0.2) is 0 Å². The summed E-state index contributed by atoms with van der Waals surface area (Å²) in [7, 11) is -1.76. The Labute approximate surface area is 114 Å². The number of aromatic hydroxyl groups is 1. The molecule has 2 aromatic rings. The molecule has 0 atom stereocenters. The monoisotopic (exact) mass is 266 g/mol. The van der Waals surface area contributed by atoms with Crippen LogP contribution in [0.1, 0.15) is 6.42 Å². The van der Waals surface area contributed by atoms with Gasteiger partial charge in [-0.2, -0.15) is 0 Å². The summed E-state index contributed by atoms with van der Waals surface area (Å²) < 4.78 is 0. The normalized spacial score (nSPS) is 14.9. The van der Waals surface area contributed by atoms with Crippen LogP contribution in [0.3, 0.4) is 0 Å². The highest BCUT2D eigenvalue weighted by Gasteiger charge is 2.31. The molecular formula is C17H18OSi. The van der Waals surface area contributed by atoms with E-state index in [1.807, 2.05) is 24.3 Å². The quantitative estimate of drug-likeness (QED) is 0.818. The topological polar surface area (TPSA) is 20.2 Å². The predicted octanol–water partition coefficient (Wildman–Crippen LogP) is 3.89. The van der Waals surface area contributed by atoms with E-state index in [1.165, 1.54) is 5.20 Å². The molecule has 0 spiro atoms. The molecule has 0 unspecified atom stereocenters. The van der Waals surface area contributed by atoms with E-state index in [4.69, 9.17) is 0 Å². The Hall–Kier alpha value is -1.80. The molecule has 1 nitrogen and oxygen atoms in total. The van der Waals surface area contributed by atoms with Crippen molar-refractivity contribution in [1.29, 1.82) is 0 Å². The van der Waals surface area contributed by atoms with Crippen molar-refractivity contribution in [3.63, 3.8) is 0 Å². The molecule has 0 aromatic heterocycles. The lowest BCUT2D eigenvalue weighted by molar-refractivity contribution is 0.485. The average molecular weight is 266 g/mol. The summed E-state index contributed by atoms with van der Waals surface area (Å²) in [6.07, 6.45) is 7.58. The van der Waals surface area contributed by atoms with Crippen molar-refractivity contribution in [2.75, 3.05) is 0 Å². The van der Waals surface area contributed by atoms with Crippen LogP contribution in [0, 0.1) is 0 Å². The molecule has 0 saturated carbocycles. The molecule has 2 heteroatoms. The van der Waals surface area contributed by atoms with Crippen LogP contribution in [0.2, 0.25) is 13.1 Å². The van der Waals surface area contributed by atoms with Crippen LogP contribution in [0.15, 0.2) is 59.8 Å². The van der Waals surface area contributed by atoms with Gasteiger partial charge in [-0.1, -0.05) is 72.9 Å². The number of hydrogen-bond acceptors (Lipinski definition) is 1. The molecule has 0 bridgehead atoms. The standard InChI is InChI=1S/C17H18OSi/c1-19(2,14-8-4-5-9-14)16-12-11-13-7-3-6-10-15(13)17(16)18/h3-8,10-12,18H,9H2,1-2H3. The van der Waals surface area contributed by atoms with E-state index in [-0.39, 0.29) is 0 Å². The second kappa shape index (κ2) is 4.39. The van der Waals surface area contributed by atoms with E-state index in [0.29, 0.717) is 5.75 Å². The molecule has 1 aliphatic carbocycles. The maximum Gasteiger partial charge on any atom is 0.123 e. The molecule has 3 rings (SSSR count). The Morgan fingerprint density at radius 1 is 1.05 bits per heavy atom. The smallest absolute Gasteiger partial charge is 0.123 e. The summed E-state index contributed by atoms with van der Waals surface area (Å²) in [4.78, 5) is 0. The molecule has 0 heterocycles. The first kappa shape index (κ1) is 12.2. The van der Waals surface area contributed by atoms with E-state index >= 15 is 0 Å². The predicted molar refractivity (Wildman–Crippen MR) is 84.6 cm³/mol. The molecule has 96 valence electrons. The van der Waals surface area contributed by atoms with Crippen molar-refractivity contribution in [2.45, 2.75) is 19.5 Å². The molecule has 1 aliphatic rings. The van der Waals surface area contributed by atoms with Gasteiger partial charge in [-0.15, -0.1) is 0 Å². The number of rotatable bonds is 2. The number of hydrogen-bond donors (Lipinski definition) is 1. The minimum atomic E-state index is -1.76. The van der Waals surface area contributed by atoms with Crippen molar-refractivity contribution in [2.24, 2.45) is 0 Å². The highest BCUT2D eigenvalue weighted by Crippen LogP contribution is 2.30. The van der Waals surface area contributed by atoms with Gasteiger partial charge < -0.3 is 5.11 Å². The summed E-state index contributed by atoms with van der Waals surface area (Å²) in [5.74, 6) is 0.475. The van der Waals surface area contributed by atoms with E-state index < -0.39 is 8.07 Å². The number of phenols is 1. The van der Waals surface area contributed by atoms with Gasteiger partial charge in [0.05, 0.1) is 0 Å². The van der Waals surface area contributed by atoms with Crippen molar-refractivity contribution >= 4 is 24.0 Å². The Kier molecular flexibility index (Phi) is 2.83. The fourth-order valence-electron chi connectivity index (χ4n) is 2.84. The summed E-state index contributed by atoms with van der Waals surface area (Å²) in [5, 5.41) is 15.3. The Balaban J connectivity index is 2.17. The highest BCUT2D eigenvalue weighted by molar-refractivity contribution is 6.96. The fourth-order valence-corrected chi connectivity index (χ4v) is 5.56. The Bertz CT molecular complexity index is 695. The fraction of sp³-hybridized carbons (Fsp3) is 0.176. The Morgan fingerprint density at radius 2 is 1.84 bits per heavy atom. The molecule has 0 amide bonds. The summed E-state index contributed by atoms with van der Waals surface area (Å²) in [5.41, 5.74) is 0. The van der Waals surface area contributed by atoms with Crippen molar-refractivity contribution in [3.8, 4) is 5.75 Å². The maximum absolute atomic E-state index is 10.6. The van der Waals surface area contributed by atoms with E-state index in [2.05, 4.69) is 43.5 Å². The van der Waals surface area contributed by atoms with Crippen molar-refractivity contribution in [1.82, 2.24) is 0 Å². The Morgan fingerprint density at radius 3 is 2.58 bits per heavy atom. The van der Waals surface area contributed by atoms with Crippen LogP contribution in [0.4, 0.5) is 0 Å². The lowest BCUT2D eigenvalue weighted by Gasteiger charge is -2.26. The van der Waals surface area contributed by atoms with Gasteiger partial charge in [0.15, 0.2) is 0 Å². The largest absolute Gasteiger partial charge is 0.507 e. The number of allylic oxidation sites excluding steroid dienone is 4. The van der Waals surface area contributed by atoms with Crippen LogP contribution in [-0.2, 0) is 0 Å². The third-order valence-corrected chi connectivity index (χ3v) is 7.87. The molecular weight excluding hydrogens is 248 g/mol. The number of benzene rings is 2. The summed E-state index contributed by atoms with van der Waals surface area (Å²) >= 11 is 0. The van der Waals surface area contributed by atoms with Gasteiger partial charge in [0.2, 0.25) is 0 Å². The molecule has 0 radical (unpaired) electrons. The van der Waals surface area contributed by atoms with Gasteiger partial charge in [-0.05, 0) is 17.0 Å². The highest BCUT2D eigenvalue weighted by atomic mass is 28.3. The molecule has 0 saturated heterocycles. The lowest BCUT2D eigenvalue weighted by atomic mass is 10.1. The van der Waals surface area contributed by atoms with E-state index in [9.17, 15) is 5.11 Å². The van der Waals surface area contributed by atoms with E-state index in [0.717, 1.165) is 22.4 Å². The summed E-state index contributed by atoms with van der Waals surface area (Å²) in [6, 6.07) is 12.3. The SMILES string of the molecule is C[Si](C)(C1=CC=CC1)c1ccc2ccccc2c1O. The molecule has 1 N–H and O–H groups in total. The zero-order valence-electron chi connectivity index (χ0n) is 11.4. The van der Waals surface area contributed by atoms with E-state index in [1.54, 1.807) is 0 Å². The molecule has 19 heavy (non-hydrogen) atoms. The van der Waals surface area contributed by atoms with Crippen LogP contribution in [0.5, 0.6) is 5.75 Å². The van der Waals surface area contributed by atoms with Crippen molar-refractivity contribution < 1.29 is 5.11 Å².